The Balaban J connectivity index is 1.58. The first-order chi connectivity index (χ1) is 13.1. The Hall–Kier alpha value is -3.87. The van der Waals surface area contributed by atoms with E-state index in [9.17, 15) is 9.59 Å². The molecule has 0 aliphatic heterocycles. The third kappa shape index (κ3) is 5.57. The number of aromatic nitrogens is 1. The van der Waals surface area contributed by atoms with Crippen LogP contribution in [0.2, 0.25) is 0 Å². The molecule has 3 aromatic rings. The lowest BCUT2D eigenvalue weighted by molar-refractivity contribution is -0.114. The molecule has 0 unspecified atom stereocenters. The molecule has 1 aromatic heterocycles. The minimum Gasteiger partial charge on any atom is -0.340 e. The Bertz CT molecular complexity index is 927. The highest BCUT2D eigenvalue weighted by molar-refractivity contribution is 5.99. The fraction of sp³-hybridized carbons (Fsp3) is 0.0500. The van der Waals surface area contributed by atoms with E-state index in [4.69, 9.17) is 0 Å². The van der Waals surface area contributed by atoms with E-state index in [2.05, 4.69) is 26.3 Å². The number of anilines is 5. The van der Waals surface area contributed by atoms with Gasteiger partial charge in [0.05, 0.1) is 11.9 Å². The molecule has 7 heteroatoms. The molecule has 0 aliphatic carbocycles. The highest BCUT2D eigenvalue weighted by Crippen LogP contribution is 2.20. The Morgan fingerprint density at radius 1 is 0.741 bits per heavy atom. The van der Waals surface area contributed by atoms with Crippen LogP contribution in [0.15, 0.2) is 72.9 Å². The van der Waals surface area contributed by atoms with Crippen molar-refractivity contribution in [3.05, 3.63) is 72.9 Å². The molecule has 0 atom stereocenters. The summed E-state index contributed by atoms with van der Waals surface area (Å²) in [5, 5.41) is 11.3. The van der Waals surface area contributed by atoms with Gasteiger partial charge in [-0.15, -0.1) is 0 Å². The first-order valence-electron chi connectivity index (χ1n) is 8.32. The molecule has 1 heterocycles. The molecule has 4 N–H and O–H groups in total. The van der Waals surface area contributed by atoms with Gasteiger partial charge in [0.2, 0.25) is 5.91 Å². The van der Waals surface area contributed by atoms with Gasteiger partial charge in [-0.1, -0.05) is 24.3 Å². The van der Waals surface area contributed by atoms with Crippen molar-refractivity contribution in [2.45, 2.75) is 6.92 Å². The number of para-hydroxylation sites is 1. The largest absolute Gasteiger partial charge is 0.340 e. The van der Waals surface area contributed by atoms with Gasteiger partial charge in [0.1, 0.15) is 5.82 Å². The number of hydrogen-bond donors (Lipinski definition) is 4. The normalized spacial score (nSPS) is 9.96. The summed E-state index contributed by atoms with van der Waals surface area (Å²) in [5.74, 6) is 0.485. The zero-order valence-corrected chi connectivity index (χ0v) is 14.7. The number of carbonyl (C=O) groups is 2. The summed E-state index contributed by atoms with van der Waals surface area (Å²) in [7, 11) is 0. The highest BCUT2D eigenvalue weighted by atomic mass is 16.2. The van der Waals surface area contributed by atoms with Gasteiger partial charge in [0.25, 0.3) is 0 Å². The smallest absolute Gasteiger partial charge is 0.323 e. The number of nitrogens with one attached hydrogen (secondary N) is 4. The van der Waals surface area contributed by atoms with Crippen molar-refractivity contribution in [2.24, 2.45) is 0 Å². The molecule has 2 aromatic carbocycles. The van der Waals surface area contributed by atoms with Gasteiger partial charge >= 0.3 is 6.03 Å². The lowest BCUT2D eigenvalue weighted by Crippen LogP contribution is -2.19. The highest BCUT2D eigenvalue weighted by Gasteiger charge is 2.04. The average molecular weight is 361 g/mol. The Labute approximate surface area is 156 Å². The quantitative estimate of drug-likeness (QED) is 0.541. The van der Waals surface area contributed by atoms with Crippen LogP contribution in [0.3, 0.4) is 0 Å². The maximum Gasteiger partial charge on any atom is 0.323 e. The molecule has 136 valence electrons. The molecule has 0 aliphatic rings. The number of carbonyl (C=O) groups excluding carboxylic acids is 2. The molecule has 3 amide bonds. The number of urea groups is 1. The number of rotatable bonds is 5. The summed E-state index contributed by atoms with van der Waals surface area (Å²) in [6.07, 6.45) is 1.56. The predicted molar refractivity (Wildman–Crippen MR) is 107 cm³/mol. The second kappa shape index (κ2) is 8.48. The van der Waals surface area contributed by atoms with E-state index in [1.807, 2.05) is 36.4 Å². The molecule has 27 heavy (non-hydrogen) atoms. The standard InChI is InChI=1S/C20H19N5O2/c1-14(26)22-16-8-5-9-17(12-16)23-19-11-10-18(13-21-19)25-20(27)24-15-6-3-2-4-7-15/h2-13H,1H3,(H,21,23)(H,22,26)(H2,24,25,27). The third-order valence-corrected chi connectivity index (χ3v) is 3.51. The first kappa shape index (κ1) is 17.9. The zero-order valence-electron chi connectivity index (χ0n) is 14.7. The fourth-order valence-corrected chi connectivity index (χ4v) is 2.38. The van der Waals surface area contributed by atoms with Crippen molar-refractivity contribution in [2.75, 3.05) is 21.3 Å². The first-order valence-corrected chi connectivity index (χ1v) is 8.32. The van der Waals surface area contributed by atoms with E-state index in [1.165, 1.54) is 6.92 Å². The van der Waals surface area contributed by atoms with Crippen LogP contribution >= 0.6 is 0 Å². The monoisotopic (exact) mass is 361 g/mol. The van der Waals surface area contributed by atoms with E-state index in [-0.39, 0.29) is 11.9 Å². The number of pyridine rings is 1. The van der Waals surface area contributed by atoms with Crippen LogP contribution in [0, 0.1) is 0 Å². The number of hydrogen-bond acceptors (Lipinski definition) is 4. The molecule has 0 saturated carbocycles. The molecule has 7 nitrogen and oxygen atoms in total. The van der Waals surface area contributed by atoms with Gasteiger partial charge in [-0.25, -0.2) is 9.78 Å². The minimum atomic E-state index is -0.341. The molecule has 0 bridgehead atoms. The summed E-state index contributed by atoms with van der Waals surface area (Å²) in [6, 6.07) is 19.7. The van der Waals surface area contributed by atoms with Crippen molar-refractivity contribution in [3.8, 4) is 0 Å². The van der Waals surface area contributed by atoms with Gasteiger partial charge in [-0.3, -0.25) is 4.79 Å². The molecular weight excluding hydrogens is 342 g/mol. The summed E-state index contributed by atoms with van der Waals surface area (Å²) in [4.78, 5) is 27.4. The summed E-state index contributed by atoms with van der Waals surface area (Å²) in [5.41, 5.74) is 2.76. The van der Waals surface area contributed by atoms with E-state index in [0.717, 1.165) is 5.69 Å². The van der Waals surface area contributed by atoms with Crippen LogP contribution in [0.5, 0.6) is 0 Å². The Morgan fingerprint density at radius 3 is 2.15 bits per heavy atom. The molecule has 0 saturated heterocycles. The number of benzene rings is 2. The SMILES string of the molecule is CC(=O)Nc1cccc(Nc2ccc(NC(=O)Nc3ccccc3)cn2)c1. The van der Waals surface area contributed by atoms with Crippen LogP contribution in [-0.2, 0) is 4.79 Å². The van der Waals surface area contributed by atoms with E-state index in [0.29, 0.717) is 22.9 Å². The molecule has 3 rings (SSSR count). The van der Waals surface area contributed by atoms with Crippen molar-refractivity contribution < 1.29 is 9.59 Å². The summed E-state index contributed by atoms with van der Waals surface area (Å²) < 4.78 is 0. The maximum absolute atomic E-state index is 12.0. The lowest BCUT2D eigenvalue weighted by atomic mass is 10.2. The lowest BCUT2D eigenvalue weighted by Gasteiger charge is -2.10. The Morgan fingerprint density at radius 2 is 1.44 bits per heavy atom. The predicted octanol–water partition coefficient (Wildman–Crippen LogP) is 4.43. The van der Waals surface area contributed by atoms with Gasteiger partial charge in [0.15, 0.2) is 0 Å². The molecular formula is C20H19N5O2. The molecule has 0 radical (unpaired) electrons. The zero-order chi connectivity index (χ0) is 19.1. The van der Waals surface area contributed by atoms with E-state index >= 15 is 0 Å². The molecule has 0 spiro atoms. The van der Waals surface area contributed by atoms with Crippen molar-refractivity contribution in [1.29, 1.82) is 0 Å². The maximum atomic E-state index is 12.0. The van der Waals surface area contributed by atoms with Gasteiger partial charge in [-0.2, -0.15) is 0 Å². The molecule has 0 fully saturated rings. The summed E-state index contributed by atoms with van der Waals surface area (Å²) >= 11 is 0. The van der Waals surface area contributed by atoms with Crippen LogP contribution < -0.4 is 21.3 Å². The fourth-order valence-electron chi connectivity index (χ4n) is 2.38. The van der Waals surface area contributed by atoms with Gasteiger partial charge < -0.3 is 21.3 Å². The van der Waals surface area contributed by atoms with Crippen LogP contribution in [0.1, 0.15) is 6.92 Å². The number of nitrogens with zero attached hydrogens (tertiary/aromatic N) is 1. The Kier molecular flexibility index (Phi) is 5.64. The van der Waals surface area contributed by atoms with E-state index in [1.54, 1.807) is 36.5 Å². The summed E-state index contributed by atoms with van der Waals surface area (Å²) in [6.45, 7) is 1.46. The second-order valence-electron chi connectivity index (χ2n) is 5.76. The van der Waals surface area contributed by atoms with Gasteiger partial charge in [-0.05, 0) is 42.5 Å². The van der Waals surface area contributed by atoms with Crippen molar-refractivity contribution in [3.63, 3.8) is 0 Å². The average Bonchev–Trinajstić information content (AvgIpc) is 2.64. The third-order valence-electron chi connectivity index (χ3n) is 3.51. The van der Waals surface area contributed by atoms with Crippen molar-refractivity contribution in [1.82, 2.24) is 4.98 Å². The van der Waals surface area contributed by atoms with E-state index < -0.39 is 0 Å². The second-order valence-corrected chi connectivity index (χ2v) is 5.76. The van der Waals surface area contributed by atoms with Gasteiger partial charge in [0, 0.05) is 24.0 Å². The topological polar surface area (TPSA) is 95.2 Å². The van der Waals surface area contributed by atoms with Crippen LogP contribution in [0.25, 0.3) is 0 Å². The van der Waals surface area contributed by atoms with Crippen molar-refractivity contribution >= 4 is 40.5 Å². The number of amides is 3. The van der Waals surface area contributed by atoms with Crippen LogP contribution in [0.4, 0.5) is 33.4 Å². The minimum absolute atomic E-state index is 0.130. The van der Waals surface area contributed by atoms with Crippen LogP contribution in [-0.4, -0.2) is 16.9 Å².